The van der Waals surface area contributed by atoms with Gasteiger partial charge in [-0.2, -0.15) is 13.2 Å². The Morgan fingerprint density at radius 2 is 1.89 bits per heavy atom. The molecule has 2 aromatic rings. The molecule has 0 saturated heterocycles. The molecule has 0 unspecified atom stereocenters. The summed E-state index contributed by atoms with van der Waals surface area (Å²) < 4.78 is 38.7. The van der Waals surface area contributed by atoms with E-state index in [-0.39, 0.29) is 17.9 Å². The molecular weight excluding hydrogens is 451 g/mol. The number of nitrogens with zero attached hydrogens (tertiary/aromatic N) is 2. The number of fused-ring (bicyclic) bond motifs is 1. The fraction of sp³-hybridized carbons (Fsp3) is 0.500. The van der Waals surface area contributed by atoms with Crippen molar-refractivity contribution in [2.75, 3.05) is 6.54 Å². The van der Waals surface area contributed by atoms with Gasteiger partial charge < -0.3 is 5.32 Å². The van der Waals surface area contributed by atoms with Crippen LogP contribution < -0.4 is 5.32 Å². The highest BCUT2D eigenvalue weighted by Gasteiger charge is 2.35. The zero-order valence-corrected chi connectivity index (χ0v) is 20.2. The van der Waals surface area contributed by atoms with Crippen molar-refractivity contribution < 1.29 is 18.0 Å². The van der Waals surface area contributed by atoms with Gasteiger partial charge in [0.05, 0.1) is 22.9 Å². The molecule has 1 amide bonds. The largest absolute Gasteiger partial charge is 0.416 e. The first-order chi connectivity index (χ1) is 16.7. The number of amides is 1. The van der Waals surface area contributed by atoms with Gasteiger partial charge in [-0.3, -0.25) is 14.7 Å². The SMILES string of the molecule is C#C[C@H]1CC[C@H](CNC(=O)c2cnc3c(c2)CN(Cc2ccc(C(F)(F)F)cc2)[C@H]3C(C)C)CC1. The molecule has 2 aliphatic rings. The van der Waals surface area contributed by atoms with Crippen molar-refractivity contribution in [3.63, 3.8) is 0 Å². The molecular formula is C28H32F3N3O. The lowest BCUT2D eigenvalue weighted by Gasteiger charge is -2.27. The Morgan fingerprint density at radius 1 is 1.20 bits per heavy atom. The van der Waals surface area contributed by atoms with Crippen LogP contribution in [0.2, 0.25) is 0 Å². The highest BCUT2D eigenvalue weighted by atomic mass is 19.4. The van der Waals surface area contributed by atoms with E-state index in [1.54, 1.807) is 6.20 Å². The molecule has 0 radical (unpaired) electrons. The fourth-order valence-electron chi connectivity index (χ4n) is 5.33. The predicted molar refractivity (Wildman–Crippen MR) is 129 cm³/mol. The summed E-state index contributed by atoms with van der Waals surface area (Å²) in [6.45, 7) is 5.97. The summed E-state index contributed by atoms with van der Waals surface area (Å²) in [6.07, 6.45) is 6.92. The van der Waals surface area contributed by atoms with Gasteiger partial charge in [0, 0.05) is 31.7 Å². The van der Waals surface area contributed by atoms with Gasteiger partial charge in [-0.05, 0) is 66.8 Å². The maximum absolute atomic E-state index is 12.9. The van der Waals surface area contributed by atoms with Crippen molar-refractivity contribution in [1.29, 1.82) is 0 Å². The van der Waals surface area contributed by atoms with Gasteiger partial charge in [-0.1, -0.05) is 26.0 Å². The van der Waals surface area contributed by atoms with Crippen molar-refractivity contribution >= 4 is 5.91 Å². The molecule has 4 rings (SSSR count). The number of nitrogens with one attached hydrogen (secondary N) is 1. The molecule has 1 N–H and O–H groups in total. The number of carbonyl (C=O) groups is 1. The number of alkyl halides is 3. The van der Waals surface area contributed by atoms with Crippen LogP contribution in [0.15, 0.2) is 36.5 Å². The Balaban J connectivity index is 1.41. The molecule has 1 saturated carbocycles. The highest BCUT2D eigenvalue weighted by molar-refractivity contribution is 5.94. The molecule has 186 valence electrons. The average molecular weight is 484 g/mol. The number of hydrogen-bond donors (Lipinski definition) is 1. The molecule has 1 aliphatic heterocycles. The first-order valence-corrected chi connectivity index (χ1v) is 12.3. The molecule has 2 heterocycles. The van der Waals surface area contributed by atoms with Gasteiger partial charge in [0.2, 0.25) is 0 Å². The van der Waals surface area contributed by atoms with E-state index in [2.05, 4.69) is 35.0 Å². The van der Waals surface area contributed by atoms with Crippen LogP contribution in [-0.2, 0) is 19.3 Å². The molecule has 0 spiro atoms. The topological polar surface area (TPSA) is 45.2 Å². The minimum Gasteiger partial charge on any atom is -0.352 e. The second-order valence-electron chi connectivity index (χ2n) is 10.2. The van der Waals surface area contributed by atoms with E-state index < -0.39 is 11.7 Å². The lowest BCUT2D eigenvalue weighted by molar-refractivity contribution is -0.137. The number of pyridine rings is 1. The molecule has 4 nitrogen and oxygen atoms in total. The van der Waals surface area contributed by atoms with Crippen molar-refractivity contribution in [1.82, 2.24) is 15.2 Å². The zero-order valence-electron chi connectivity index (χ0n) is 20.2. The van der Waals surface area contributed by atoms with Gasteiger partial charge in [-0.15, -0.1) is 12.3 Å². The lowest BCUT2D eigenvalue weighted by atomic mass is 9.82. The summed E-state index contributed by atoms with van der Waals surface area (Å²) in [6, 6.07) is 7.27. The summed E-state index contributed by atoms with van der Waals surface area (Å²) in [5.74, 6) is 3.79. The van der Waals surface area contributed by atoms with Gasteiger partial charge in [-0.25, -0.2) is 0 Å². The summed E-state index contributed by atoms with van der Waals surface area (Å²) in [7, 11) is 0. The molecule has 7 heteroatoms. The Bertz CT molecular complexity index is 1080. The summed E-state index contributed by atoms with van der Waals surface area (Å²) in [4.78, 5) is 19.7. The third kappa shape index (κ3) is 5.87. The number of hydrogen-bond acceptors (Lipinski definition) is 3. The van der Waals surface area contributed by atoms with Gasteiger partial charge in [0.1, 0.15) is 0 Å². The van der Waals surface area contributed by atoms with E-state index in [1.807, 2.05) is 6.07 Å². The summed E-state index contributed by atoms with van der Waals surface area (Å²) >= 11 is 0. The molecule has 1 aromatic heterocycles. The van der Waals surface area contributed by atoms with Crippen molar-refractivity contribution in [2.24, 2.45) is 17.8 Å². The molecule has 0 bridgehead atoms. The maximum atomic E-state index is 12.9. The summed E-state index contributed by atoms with van der Waals surface area (Å²) in [5.41, 5.74) is 2.65. The second-order valence-corrected chi connectivity index (χ2v) is 10.2. The van der Waals surface area contributed by atoms with Crippen molar-refractivity contribution in [3.05, 3.63) is 64.5 Å². The van der Waals surface area contributed by atoms with Crippen LogP contribution in [-0.4, -0.2) is 22.3 Å². The van der Waals surface area contributed by atoms with Crippen LogP contribution in [0, 0.1) is 30.1 Å². The number of rotatable bonds is 6. The van der Waals surface area contributed by atoms with Crippen LogP contribution >= 0.6 is 0 Å². The minimum atomic E-state index is -4.34. The number of aromatic nitrogens is 1. The quantitative estimate of drug-likeness (QED) is 0.514. The fourth-order valence-corrected chi connectivity index (χ4v) is 5.33. The molecule has 1 aliphatic carbocycles. The van der Waals surface area contributed by atoms with Gasteiger partial charge >= 0.3 is 6.18 Å². The third-order valence-corrected chi connectivity index (χ3v) is 7.24. The van der Waals surface area contributed by atoms with Crippen LogP contribution in [0.5, 0.6) is 0 Å². The highest BCUT2D eigenvalue weighted by Crippen LogP contribution is 2.39. The zero-order chi connectivity index (χ0) is 25.2. The first kappa shape index (κ1) is 25.2. The molecule has 1 atom stereocenters. The predicted octanol–water partition coefficient (Wildman–Crippen LogP) is 5.98. The third-order valence-electron chi connectivity index (χ3n) is 7.24. The van der Waals surface area contributed by atoms with Crippen LogP contribution in [0.25, 0.3) is 0 Å². The number of benzene rings is 1. The van der Waals surface area contributed by atoms with Gasteiger partial charge in [0.15, 0.2) is 0 Å². The normalized spacial score (nSPS) is 22.6. The van der Waals surface area contributed by atoms with E-state index in [9.17, 15) is 18.0 Å². The van der Waals surface area contributed by atoms with Crippen molar-refractivity contribution in [2.45, 2.75) is 64.8 Å². The Hall–Kier alpha value is -2.85. The van der Waals surface area contributed by atoms with Crippen molar-refractivity contribution in [3.8, 4) is 12.3 Å². The van der Waals surface area contributed by atoms with E-state index in [0.29, 0.717) is 37.0 Å². The molecule has 1 aromatic carbocycles. The Kier molecular flexibility index (Phi) is 7.51. The van der Waals surface area contributed by atoms with E-state index in [0.717, 1.165) is 54.6 Å². The minimum absolute atomic E-state index is 0.0377. The smallest absolute Gasteiger partial charge is 0.352 e. The average Bonchev–Trinajstić information content (AvgIpc) is 3.19. The first-order valence-electron chi connectivity index (χ1n) is 12.3. The number of terminal acetylenes is 1. The molecule has 1 fully saturated rings. The van der Waals surface area contributed by atoms with Gasteiger partial charge in [0.25, 0.3) is 5.91 Å². The van der Waals surface area contributed by atoms with Crippen LogP contribution in [0.1, 0.15) is 78.3 Å². The van der Waals surface area contributed by atoms with E-state index >= 15 is 0 Å². The maximum Gasteiger partial charge on any atom is 0.416 e. The summed E-state index contributed by atoms with van der Waals surface area (Å²) in [5, 5.41) is 3.06. The standard InChI is InChI=1S/C28H32F3N3O/c1-4-19-5-7-20(8-6-19)14-33-27(35)22-13-23-17-34(26(18(2)3)25(23)32-15-22)16-21-9-11-24(12-10-21)28(29,30)31/h1,9-13,15,18-20,26H,5-8,14,16-17H2,2-3H3,(H,33,35)/t19-,20-,26-/m0/s1. The van der Waals surface area contributed by atoms with E-state index in [1.165, 1.54) is 12.1 Å². The van der Waals surface area contributed by atoms with E-state index in [4.69, 9.17) is 6.42 Å². The Labute approximate surface area is 205 Å². The Morgan fingerprint density at radius 3 is 2.49 bits per heavy atom. The lowest BCUT2D eigenvalue weighted by Crippen LogP contribution is -2.31. The monoisotopic (exact) mass is 483 g/mol. The van der Waals surface area contributed by atoms with Crippen LogP contribution in [0.4, 0.5) is 13.2 Å². The second kappa shape index (κ2) is 10.4. The molecule has 35 heavy (non-hydrogen) atoms. The number of halogens is 3. The number of carbonyl (C=O) groups excluding carboxylic acids is 1. The van der Waals surface area contributed by atoms with Crippen LogP contribution in [0.3, 0.4) is 0 Å².